The number of benzene rings is 1. The van der Waals surface area contributed by atoms with E-state index >= 15 is 0 Å². The minimum Gasteiger partial charge on any atom is -0.467 e. The molecule has 0 heterocycles. The van der Waals surface area contributed by atoms with E-state index in [1.54, 1.807) is 41.5 Å². The maximum absolute atomic E-state index is 13.2. The number of ether oxygens (including phenoxy) is 1. The van der Waals surface area contributed by atoms with Crippen LogP contribution < -0.4 is 4.74 Å². The average molecular weight is 540 g/mol. The largest absolute Gasteiger partial charge is 0.478 e. The lowest BCUT2D eigenvalue weighted by Crippen LogP contribution is -2.40. The maximum atomic E-state index is 13.2. The molecule has 1 aromatic carbocycles. The van der Waals surface area contributed by atoms with E-state index in [4.69, 9.17) is 22.7 Å². The van der Waals surface area contributed by atoms with Crippen molar-refractivity contribution in [3.05, 3.63) is 28.2 Å². The smallest absolute Gasteiger partial charge is 0.467 e. The number of rotatable bonds is 9. The summed E-state index contributed by atoms with van der Waals surface area (Å²) in [5, 5.41) is 0.102. The van der Waals surface area contributed by atoms with Gasteiger partial charge in [-0.3, -0.25) is 9.05 Å². The summed E-state index contributed by atoms with van der Waals surface area (Å²) in [5.74, 6) is 0.597. The fourth-order valence-electron chi connectivity index (χ4n) is 2.17. The van der Waals surface area contributed by atoms with Crippen LogP contribution in [0.2, 0.25) is 18.1 Å². The van der Waals surface area contributed by atoms with E-state index in [9.17, 15) is 4.57 Å². The molecule has 1 aromatic rings. The molecule has 180 valence electrons. The number of phosphoric ester groups is 1. The molecule has 0 amide bonds. The second-order valence-electron chi connectivity index (χ2n) is 11.0. The number of phosphoric acid groups is 1. The summed E-state index contributed by atoms with van der Waals surface area (Å²) in [6.07, 6.45) is 0. The highest BCUT2D eigenvalue weighted by atomic mass is 79.9. The third-order valence-electron chi connectivity index (χ3n) is 4.61. The van der Waals surface area contributed by atoms with Crippen molar-refractivity contribution in [2.75, 3.05) is 6.79 Å². The van der Waals surface area contributed by atoms with E-state index in [0.29, 0.717) is 12.4 Å². The second kappa shape index (κ2) is 10.4. The quantitative estimate of drug-likeness (QED) is 0.180. The van der Waals surface area contributed by atoms with Gasteiger partial charge in [0, 0.05) is 10.0 Å². The van der Waals surface area contributed by atoms with Crippen molar-refractivity contribution in [2.45, 2.75) is 98.3 Å². The van der Waals surface area contributed by atoms with E-state index in [1.807, 2.05) is 18.2 Å². The van der Waals surface area contributed by atoms with Crippen molar-refractivity contribution in [2.24, 2.45) is 0 Å². The lowest BCUT2D eigenvalue weighted by atomic mass is 10.2. The molecule has 0 aromatic heterocycles. The molecule has 0 aliphatic carbocycles. The normalized spacial score (nSPS) is 14.1. The van der Waals surface area contributed by atoms with Crippen molar-refractivity contribution >= 4 is 32.1 Å². The van der Waals surface area contributed by atoms with Crippen LogP contribution in [0, 0.1) is 0 Å². The first-order chi connectivity index (χ1) is 13.7. The van der Waals surface area contributed by atoms with Gasteiger partial charge >= 0.3 is 7.82 Å². The molecule has 0 aliphatic rings. The van der Waals surface area contributed by atoms with Crippen LogP contribution >= 0.6 is 23.8 Å². The number of halogens is 1. The van der Waals surface area contributed by atoms with Gasteiger partial charge in [-0.1, -0.05) is 36.7 Å². The van der Waals surface area contributed by atoms with Gasteiger partial charge < -0.3 is 9.16 Å². The van der Waals surface area contributed by atoms with E-state index in [1.165, 1.54) is 0 Å². The number of hydrogen-bond acceptors (Lipinski definition) is 6. The minimum atomic E-state index is -3.85. The zero-order chi connectivity index (χ0) is 24.3. The Morgan fingerprint density at radius 1 is 0.935 bits per heavy atom. The Kier molecular flexibility index (Phi) is 9.64. The first kappa shape index (κ1) is 28.8. The Hall–Kier alpha value is -0.213. The maximum Gasteiger partial charge on any atom is 0.478 e. The fraction of sp³-hybridized carbons (Fsp3) is 0.727. The Labute approximate surface area is 198 Å². The highest BCUT2D eigenvalue weighted by molar-refractivity contribution is 9.10. The lowest BCUT2D eigenvalue weighted by Gasteiger charge is -2.36. The van der Waals surface area contributed by atoms with Crippen LogP contribution in [-0.2, 0) is 29.2 Å². The van der Waals surface area contributed by atoms with Gasteiger partial charge in [0.2, 0.25) is 0 Å². The van der Waals surface area contributed by atoms with Crippen molar-refractivity contribution < 1.29 is 27.3 Å². The van der Waals surface area contributed by atoms with Crippen LogP contribution in [0.25, 0.3) is 0 Å². The van der Waals surface area contributed by atoms with E-state index in [-0.39, 0.29) is 11.8 Å². The molecule has 0 radical (unpaired) electrons. The molecule has 6 nitrogen and oxygen atoms in total. The monoisotopic (exact) mass is 538 g/mol. The topological polar surface area (TPSA) is 63.2 Å². The van der Waals surface area contributed by atoms with Crippen LogP contribution in [0.4, 0.5) is 0 Å². The molecule has 9 heteroatoms. The Balaban J connectivity index is 2.94. The molecule has 0 saturated heterocycles. The van der Waals surface area contributed by atoms with Crippen LogP contribution in [0.1, 0.15) is 67.9 Å². The zero-order valence-electron chi connectivity index (χ0n) is 20.9. The summed E-state index contributed by atoms with van der Waals surface area (Å²) in [5.41, 5.74) is -0.535. The zero-order valence-corrected chi connectivity index (χ0v) is 24.4. The number of hydrogen-bond donors (Lipinski definition) is 0. The Bertz CT molecular complexity index is 758. The van der Waals surface area contributed by atoms with E-state index in [0.717, 1.165) is 10.0 Å². The average Bonchev–Trinajstić information content (AvgIpc) is 2.49. The van der Waals surface area contributed by atoms with Crippen LogP contribution in [0.15, 0.2) is 22.7 Å². The van der Waals surface area contributed by atoms with Gasteiger partial charge in [0.1, 0.15) is 5.75 Å². The first-order valence-electron chi connectivity index (χ1n) is 10.4. The van der Waals surface area contributed by atoms with Crippen LogP contribution in [-0.4, -0.2) is 26.3 Å². The van der Waals surface area contributed by atoms with Crippen molar-refractivity contribution in [1.29, 1.82) is 0 Å². The van der Waals surface area contributed by atoms with Gasteiger partial charge in [-0.15, -0.1) is 0 Å². The standard InChI is InChI=1S/C22H40BrO6PSi/c1-20(2,3)28-30(24,29-21(4,5)6)26-16-25-19-13-12-18(23)14-17(19)15-27-31(10,11)22(7,8)9/h12-14H,15-16H2,1-11H3. The van der Waals surface area contributed by atoms with Crippen LogP contribution in [0.5, 0.6) is 5.75 Å². The molecule has 0 aliphatic heterocycles. The molecule has 1 rings (SSSR count). The van der Waals surface area contributed by atoms with Gasteiger partial charge in [0.15, 0.2) is 15.1 Å². The third-order valence-corrected chi connectivity index (χ3v) is 11.5. The molecule has 0 unspecified atom stereocenters. The van der Waals surface area contributed by atoms with Gasteiger partial charge in [-0.05, 0) is 77.9 Å². The molecule has 0 N–H and O–H groups in total. The molecule has 0 spiro atoms. The van der Waals surface area contributed by atoms with Crippen LogP contribution in [0.3, 0.4) is 0 Å². The molecular formula is C22H40BrO6PSi. The molecule has 31 heavy (non-hydrogen) atoms. The molecule has 0 fully saturated rings. The summed E-state index contributed by atoms with van der Waals surface area (Å²) in [4.78, 5) is 0. The summed E-state index contributed by atoms with van der Waals surface area (Å²) >= 11 is 3.51. The highest BCUT2D eigenvalue weighted by Crippen LogP contribution is 2.55. The Morgan fingerprint density at radius 3 is 1.90 bits per heavy atom. The van der Waals surface area contributed by atoms with Gasteiger partial charge in [-0.25, -0.2) is 9.09 Å². The molecule has 0 bridgehead atoms. The first-order valence-corrected chi connectivity index (χ1v) is 15.6. The minimum absolute atomic E-state index is 0.102. The van der Waals surface area contributed by atoms with Gasteiger partial charge in [0.05, 0.1) is 17.8 Å². The van der Waals surface area contributed by atoms with Gasteiger partial charge in [-0.2, -0.15) is 0 Å². The summed E-state index contributed by atoms with van der Waals surface area (Å²) < 4.78 is 43.0. The van der Waals surface area contributed by atoms with E-state index in [2.05, 4.69) is 49.8 Å². The second-order valence-corrected chi connectivity index (χ2v) is 18.3. The van der Waals surface area contributed by atoms with Crippen molar-refractivity contribution in [1.82, 2.24) is 0 Å². The Morgan fingerprint density at radius 2 is 1.45 bits per heavy atom. The lowest BCUT2D eigenvalue weighted by molar-refractivity contribution is -0.0191. The summed E-state index contributed by atoms with van der Waals surface area (Å²) in [6, 6.07) is 5.67. The third kappa shape index (κ3) is 10.5. The van der Waals surface area contributed by atoms with Gasteiger partial charge in [0.25, 0.3) is 0 Å². The molecular weight excluding hydrogens is 499 g/mol. The van der Waals surface area contributed by atoms with Crippen molar-refractivity contribution in [3.63, 3.8) is 0 Å². The fourth-order valence-corrected chi connectivity index (χ4v) is 5.20. The van der Waals surface area contributed by atoms with E-state index < -0.39 is 27.3 Å². The summed E-state index contributed by atoms with van der Waals surface area (Å²) in [6.45, 7) is 21.9. The predicted octanol–water partition coefficient (Wildman–Crippen LogP) is 8.06. The summed E-state index contributed by atoms with van der Waals surface area (Å²) in [7, 11) is -5.78. The predicted molar refractivity (Wildman–Crippen MR) is 132 cm³/mol. The molecule has 0 atom stereocenters. The highest BCUT2D eigenvalue weighted by Gasteiger charge is 2.38. The van der Waals surface area contributed by atoms with Crippen molar-refractivity contribution in [3.8, 4) is 5.75 Å². The molecule has 0 saturated carbocycles. The SMILES string of the molecule is CC(C)(C)OP(=O)(OCOc1ccc(Br)cc1CO[Si](C)(C)C(C)(C)C)OC(C)(C)C.